The lowest BCUT2D eigenvalue weighted by Gasteiger charge is -2.29. The van der Waals surface area contributed by atoms with Gasteiger partial charge in [-0.05, 0) is 43.9 Å². The molecular weight excluding hydrogens is 367 g/mol. The van der Waals surface area contributed by atoms with E-state index in [0.717, 1.165) is 25.7 Å². The Balaban J connectivity index is 1.50. The molecule has 2 saturated carbocycles. The first-order valence-corrected chi connectivity index (χ1v) is 9.51. The van der Waals surface area contributed by atoms with Crippen LogP contribution in [0.5, 0.6) is 0 Å². The van der Waals surface area contributed by atoms with E-state index >= 15 is 0 Å². The molecule has 0 aromatic heterocycles. The van der Waals surface area contributed by atoms with Gasteiger partial charge in [-0.1, -0.05) is 0 Å². The summed E-state index contributed by atoms with van der Waals surface area (Å²) in [7, 11) is 0. The molecule has 1 aliphatic heterocycles. The van der Waals surface area contributed by atoms with Crippen LogP contribution < -0.4 is 16.0 Å². The minimum Gasteiger partial charge on any atom is -0.370 e. The number of nitrogens with zero attached hydrogens (tertiary/aromatic N) is 2. The molecule has 28 heavy (non-hydrogen) atoms. The third-order valence-electron chi connectivity index (χ3n) is 5.26. The number of amides is 3. The predicted octanol–water partition coefficient (Wildman–Crippen LogP) is 0.608. The molecule has 3 aliphatic rings. The van der Waals surface area contributed by atoms with Gasteiger partial charge in [-0.25, -0.2) is 4.39 Å². The van der Waals surface area contributed by atoms with Gasteiger partial charge in [-0.3, -0.25) is 19.3 Å². The highest BCUT2D eigenvalue weighted by atomic mass is 19.1. The number of anilines is 2. The average Bonchev–Trinajstić information content (AvgIpc) is 3.55. The first-order chi connectivity index (χ1) is 13.5. The molecule has 0 spiro atoms. The van der Waals surface area contributed by atoms with E-state index in [1.54, 1.807) is 6.07 Å². The zero-order valence-electron chi connectivity index (χ0n) is 15.4. The van der Waals surface area contributed by atoms with Crippen LogP contribution in [0.3, 0.4) is 0 Å². The van der Waals surface area contributed by atoms with Crippen molar-refractivity contribution in [2.75, 3.05) is 30.0 Å². The number of hydrogen-bond acceptors (Lipinski definition) is 5. The molecule has 3 fully saturated rings. The first-order valence-electron chi connectivity index (χ1n) is 9.51. The van der Waals surface area contributed by atoms with Gasteiger partial charge in [0, 0.05) is 24.3 Å². The summed E-state index contributed by atoms with van der Waals surface area (Å²) in [5, 5.41) is 2.49. The second kappa shape index (κ2) is 7.48. The molecule has 8 nitrogen and oxygen atoms in total. The Morgan fingerprint density at radius 1 is 1.25 bits per heavy atom. The summed E-state index contributed by atoms with van der Waals surface area (Å²) in [5.41, 5.74) is 5.85. The van der Waals surface area contributed by atoms with Crippen LogP contribution in [-0.4, -0.2) is 60.5 Å². The normalized spacial score (nSPS) is 20.9. The Labute approximate surface area is 161 Å². The molecule has 1 heterocycles. The van der Waals surface area contributed by atoms with E-state index in [1.807, 2.05) is 4.90 Å². The van der Waals surface area contributed by atoms with Gasteiger partial charge in [0.25, 0.3) is 11.8 Å². The van der Waals surface area contributed by atoms with Gasteiger partial charge in [0.05, 0.1) is 12.3 Å². The standard InChI is InChI=1S/C19H23FN4O4/c20-14-9-13(23-7-8-28-10-16(23)25)5-6-15(14)22-19(27)17(18(21)26)24(11-1-2-11)12-3-4-12/h5-6,9,11-12,17H,1-4,7-8,10H2,(H2,21,26)(H,22,27)/t17-/m0/s1. The lowest BCUT2D eigenvalue weighted by Crippen LogP contribution is -2.54. The quantitative estimate of drug-likeness (QED) is 0.664. The highest BCUT2D eigenvalue weighted by Crippen LogP contribution is 2.39. The van der Waals surface area contributed by atoms with Gasteiger partial charge in [0.2, 0.25) is 5.91 Å². The van der Waals surface area contributed by atoms with Crippen molar-refractivity contribution in [2.24, 2.45) is 5.73 Å². The molecule has 3 N–H and O–H groups in total. The summed E-state index contributed by atoms with van der Waals surface area (Å²) >= 11 is 0. The number of primary amides is 1. The maximum Gasteiger partial charge on any atom is 0.253 e. The van der Waals surface area contributed by atoms with Gasteiger partial charge < -0.3 is 20.7 Å². The zero-order valence-corrected chi connectivity index (χ0v) is 15.4. The van der Waals surface area contributed by atoms with Gasteiger partial charge in [-0.15, -0.1) is 0 Å². The number of carbonyl (C=O) groups excluding carboxylic acids is 3. The monoisotopic (exact) mass is 390 g/mol. The topological polar surface area (TPSA) is 105 Å². The molecule has 1 atom stereocenters. The van der Waals surface area contributed by atoms with Gasteiger partial charge in [0.15, 0.2) is 6.04 Å². The summed E-state index contributed by atoms with van der Waals surface area (Å²) in [6.45, 7) is 0.675. The molecule has 4 rings (SSSR count). The van der Waals surface area contributed by atoms with Crippen LogP contribution in [0.15, 0.2) is 18.2 Å². The maximum atomic E-state index is 14.6. The van der Waals surface area contributed by atoms with Gasteiger partial charge in [-0.2, -0.15) is 0 Å². The molecule has 9 heteroatoms. The molecule has 2 aliphatic carbocycles. The largest absolute Gasteiger partial charge is 0.370 e. The van der Waals surface area contributed by atoms with Crippen LogP contribution in [0.2, 0.25) is 0 Å². The van der Waals surface area contributed by atoms with Crippen molar-refractivity contribution in [2.45, 2.75) is 43.8 Å². The van der Waals surface area contributed by atoms with E-state index in [1.165, 1.54) is 17.0 Å². The van der Waals surface area contributed by atoms with Crippen LogP contribution in [0, 0.1) is 5.82 Å². The van der Waals surface area contributed by atoms with E-state index in [2.05, 4.69) is 5.32 Å². The molecule has 0 unspecified atom stereocenters. The van der Waals surface area contributed by atoms with Crippen LogP contribution in [0.25, 0.3) is 0 Å². The van der Waals surface area contributed by atoms with Crippen LogP contribution in [0.4, 0.5) is 15.8 Å². The SMILES string of the molecule is NC(=O)[C@@H](C(=O)Nc1ccc(N2CCOCC2=O)cc1F)N(C1CC1)C1CC1. The highest BCUT2D eigenvalue weighted by Gasteiger charge is 2.47. The number of benzene rings is 1. The lowest BCUT2D eigenvalue weighted by atomic mass is 10.1. The van der Waals surface area contributed by atoms with Gasteiger partial charge in [0.1, 0.15) is 12.4 Å². The third-order valence-corrected chi connectivity index (χ3v) is 5.26. The fourth-order valence-electron chi connectivity index (χ4n) is 3.64. The van der Waals surface area contributed by atoms with Crippen molar-refractivity contribution in [3.05, 3.63) is 24.0 Å². The van der Waals surface area contributed by atoms with Gasteiger partial charge >= 0.3 is 0 Å². The first kappa shape index (κ1) is 18.8. The second-order valence-electron chi connectivity index (χ2n) is 7.47. The summed E-state index contributed by atoms with van der Waals surface area (Å²) in [5.74, 6) is -2.29. The Kier molecular flexibility index (Phi) is 5.03. The Hall–Kier alpha value is -2.52. The molecule has 0 bridgehead atoms. The van der Waals surface area contributed by atoms with E-state index in [4.69, 9.17) is 10.5 Å². The number of carbonyl (C=O) groups is 3. The Morgan fingerprint density at radius 3 is 2.46 bits per heavy atom. The van der Waals surface area contributed by atoms with Crippen molar-refractivity contribution in [3.63, 3.8) is 0 Å². The van der Waals surface area contributed by atoms with E-state index in [9.17, 15) is 18.8 Å². The molecule has 1 aromatic rings. The molecule has 150 valence electrons. The summed E-state index contributed by atoms with van der Waals surface area (Å²) < 4.78 is 19.7. The van der Waals surface area contributed by atoms with Crippen LogP contribution in [-0.2, 0) is 19.1 Å². The predicted molar refractivity (Wildman–Crippen MR) is 99.1 cm³/mol. The van der Waals surface area contributed by atoms with E-state index in [0.29, 0.717) is 18.8 Å². The fraction of sp³-hybridized carbons (Fsp3) is 0.526. The van der Waals surface area contributed by atoms with Crippen molar-refractivity contribution in [3.8, 4) is 0 Å². The third kappa shape index (κ3) is 3.85. The smallest absolute Gasteiger partial charge is 0.253 e. The van der Waals surface area contributed by atoms with Crippen molar-refractivity contribution in [1.82, 2.24) is 4.90 Å². The average molecular weight is 390 g/mol. The summed E-state index contributed by atoms with van der Waals surface area (Å²) in [6.07, 6.45) is 3.74. The van der Waals surface area contributed by atoms with Crippen molar-refractivity contribution < 1.29 is 23.5 Å². The van der Waals surface area contributed by atoms with Crippen LogP contribution >= 0.6 is 0 Å². The number of rotatable bonds is 7. The van der Waals surface area contributed by atoms with Crippen molar-refractivity contribution in [1.29, 1.82) is 0 Å². The lowest BCUT2D eigenvalue weighted by molar-refractivity contribution is -0.133. The highest BCUT2D eigenvalue weighted by molar-refractivity contribution is 6.09. The molecular formula is C19H23FN4O4. The molecule has 1 saturated heterocycles. The van der Waals surface area contributed by atoms with E-state index < -0.39 is 23.7 Å². The fourth-order valence-corrected chi connectivity index (χ4v) is 3.64. The van der Waals surface area contributed by atoms with E-state index in [-0.39, 0.29) is 30.3 Å². The number of nitrogens with one attached hydrogen (secondary N) is 1. The minimum atomic E-state index is -1.11. The summed E-state index contributed by atoms with van der Waals surface area (Å²) in [4.78, 5) is 40.0. The molecule has 3 amide bonds. The minimum absolute atomic E-state index is 0.0431. The number of ether oxygens (including phenoxy) is 1. The Bertz CT molecular complexity index is 797. The number of morpholine rings is 1. The second-order valence-corrected chi connectivity index (χ2v) is 7.47. The van der Waals surface area contributed by atoms with Crippen LogP contribution in [0.1, 0.15) is 25.7 Å². The number of nitrogens with two attached hydrogens (primary N) is 1. The molecule has 1 aromatic carbocycles. The summed E-state index contributed by atoms with van der Waals surface area (Å²) in [6, 6.07) is 3.41. The number of halogens is 1. The Morgan fingerprint density at radius 2 is 1.93 bits per heavy atom. The molecule has 0 radical (unpaired) electrons. The maximum absolute atomic E-state index is 14.6. The zero-order chi connectivity index (χ0) is 19.8. The number of hydrogen-bond donors (Lipinski definition) is 2. The van der Waals surface area contributed by atoms with Crippen molar-refractivity contribution >= 4 is 29.1 Å².